The molecule has 0 aliphatic carbocycles. The molecular formula is C7H10N4. The lowest BCUT2D eigenvalue weighted by Crippen LogP contribution is -1.95. The first kappa shape index (κ1) is 7.53. The number of hydrogen-bond acceptors (Lipinski definition) is 4. The van der Waals surface area contributed by atoms with Gasteiger partial charge in [0.1, 0.15) is 5.69 Å². The molecular weight excluding hydrogens is 140 g/mol. The van der Waals surface area contributed by atoms with Crippen molar-refractivity contribution in [2.75, 3.05) is 18.1 Å². The molecule has 11 heavy (non-hydrogen) atoms. The molecule has 1 aromatic rings. The smallest absolute Gasteiger partial charge is 0.153 e. The average Bonchev–Trinajstić information content (AvgIpc) is 2.04. The number of aliphatic imine (C=N–C) groups is 1. The Hall–Kier alpha value is -1.58. The summed E-state index contributed by atoms with van der Waals surface area (Å²) in [5, 5.41) is 2.86. The van der Waals surface area contributed by atoms with Crippen LogP contribution >= 0.6 is 0 Å². The van der Waals surface area contributed by atoms with Crippen LogP contribution in [0.1, 0.15) is 0 Å². The maximum absolute atomic E-state index is 5.59. The zero-order valence-corrected chi connectivity index (χ0v) is 6.33. The van der Waals surface area contributed by atoms with Gasteiger partial charge in [0.15, 0.2) is 5.82 Å². The van der Waals surface area contributed by atoms with E-state index in [1.807, 2.05) is 0 Å². The van der Waals surface area contributed by atoms with Crippen LogP contribution in [0.3, 0.4) is 0 Å². The van der Waals surface area contributed by atoms with Crippen molar-refractivity contribution in [3.05, 3.63) is 12.3 Å². The molecule has 0 spiro atoms. The van der Waals surface area contributed by atoms with Crippen molar-refractivity contribution in [2.24, 2.45) is 4.99 Å². The van der Waals surface area contributed by atoms with Gasteiger partial charge in [0.05, 0.1) is 5.69 Å². The molecule has 3 N–H and O–H groups in total. The molecule has 0 aliphatic rings. The number of aromatic nitrogens is 1. The maximum Gasteiger partial charge on any atom is 0.153 e. The molecule has 0 aromatic carbocycles. The summed E-state index contributed by atoms with van der Waals surface area (Å²) in [6.45, 7) is 3.39. The molecule has 0 fully saturated rings. The van der Waals surface area contributed by atoms with Crippen LogP contribution < -0.4 is 11.1 Å². The summed E-state index contributed by atoms with van der Waals surface area (Å²) in [6.07, 6.45) is 1.62. The van der Waals surface area contributed by atoms with Crippen LogP contribution in [0, 0.1) is 0 Å². The highest BCUT2D eigenvalue weighted by molar-refractivity contribution is 5.76. The lowest BCUT2D eigenvalue weighted by Gasteiger charge is -2.04. The van der Waals surface area contributed by atoms with Crippen LogP contribution in [0.5, 0.6) is 0 Å². The van der Waals surface area contributed by atoms with Crippen molar-refractivity contribution >= 4 is 23.9 Å². The van der Waals surface area contributed by atoms with Crippen LogP contribution in [-0.4, -0.2) is 18.7 Å². The predicted octanol–water partition coefficient (Wildman–Crippen LogP) is 1.04. The van der Waals surface area contributed by atoms with Gasteiger partial charge in [0.25, 0.3) is 0 Å². The van der Waals surface area contributed by atoms with Crippen molar-refractivity contribution in [3.8, 4) is 0 Å². The normalized spacial score (nSPS) is 9.18. The largest absolute Gasteiger partial charge is 0.397 e. The van der Waals surface area contributed by atoms with Gasteiger partial charge >= 0.3 is 0 Å². The van der Waals surface area contributed by atoms with E-state index in [0.717, 1.165) is 0 Å². The van der Waals surface area contributed by atoms with Crippen molar-refractivity contribution in [1.29, 1.82) is 0 Å². The van der Waals surface area contributed by atoms with Crippen molar-refractivity contribution < 1.29 is 0 Å². The molecule has 4 nitrogen and oxygen atoms in total. The highest BCUT2D eigenvalue weighted by atomic mass is 15.0. The summed E-state index contributed by atoms with van der Waals surface area (Å²) in [5.74, 6) is 0.653. The second kappa shape index (κ2) is 3.01. The fraction of sp³-hybridized carbons (Fsp3) is 0.143. The minimum Gasteiger partial charge on any atom is -0.397 e. The molecule has 4 heteroatoms. The Morgan fingerprint density at radius 2 is 2.45 bits per heavy atom. The topological polar surface area (TPSA) is 63.3 Å². The summed E-state index contributed by atoms with van der Waals surface area (Å²) in [5.41, 5.74) is 6.78. The Balaban J connectivity index is 3.24. The summed E-state index contributed by atoms with van der Waals surface area (Å²) in [4.78, 5) is 7.74. The lowest BCUT2D eigenvalue weighted by atomic mass is 10.3. The summed E-state index contributed by atoms with van der Waals surface area (Å²) in [7, 11) is 1.76. The number of rotatable bonds is 2. The minimum atomic E-state index is 0.583. The fourth-order valence-corrected chi connectivity index (χ4v) is 0.818. The number of nitrogens with one attached hydrogen (secondary N) is 1. The number of nitrogens with two attached hydrogens (primary N) is 1. The zero-order chi connectivity index (χ0) is 8.27. The molecule has 1 aromatic heterocycles. The van der Waals surface area contributed by atoms with Gasteiger partial charge in [0, 0.05) is 13.2 Å². The molecule has 0 atom stereocenters. The molecule has 0 unspecified atom stereocenters. The molecule has 0 bridgehead atoms. The van der Waals surface area contributed by atoms with Crippen LogP contribution in [0.2, 0.25) is 0 Å². The van der Waals surface area contributed by atoms with Gasteiger partial charge < -0.3 is 11.1 Å². The van der Waals surface area contributed by atoms with E-state index in [9.17, 15) is 0 Å². The fourth-order valence-electron chi connectivity index (χ4n) is 0.818. The van der Waals surface area contributed by atoms with E-state index in [1.54, 1.807) is 19.3 Å². The first-order chi connectivity index (χ1) is 5.29. The van der Waals surface area contributed by atoms with Crippen LogP contribution in [0.4, 0.5) is 17.2 Å². The predicted molar refractivity (Wildman–Crippen MR) is 47.4 cm³/mol. The van der Waals surface area contributed by atoms with E-state index >= 15 is 0 Å². The standard InChI is InChI=1S/C7H10N4/c1-9-6-5(8)3-4-11-7(6)10-2/h3-4H,1H2,2H3,(H3,8,10,11). The van der Waals surface area contributed by atoms with E-state index in [1.165, 1.54) is 0 Å². The van der Waals surface area contributed by atoms with Crippen molar-refractivity contribution in [1.82, 2.24) is 4.98 Å². The number of pyridine rings is 1. The Morgan fingerprint density at radius 1 is 1.73 bits per heavy atom. The lowest BCUT2D eigenvalue weighted by molar-refractivity contribution is 1.28. The molecule has 0 amide bonds. The number of anilines is 2. The summed E-state index contributed by atoms with van der Waals surface area (Å²) >= 11 is 0. The van der Waals surface area contributed by atoms with Crippen molar-refractivity contribution in [2.45, 2.75) is 0 Å². The Bertz CT molecular complexity index is 269. The Morgan fingerprint density at radius 3 is 2.91 bits per heavy atom. The highest BCUT2D eigenvalue weighted by Gasteiger charge is 2.01. The van der Waals surface area contributed by atoms with E-state index in [-0.39, 0.29) is 0 Å². The molecule has 0 saturated heterocycles. The first-order valence-electron chi connectivity index (χ1n) is 3.18. The second-order valence-electron chi connectivity index (χ2n) is 2.01. The molecule has 0 aliphatic heterocycles. The quantitative estimate of drug-likeness (QED) is 0.619. The van der Waals surface area contributed by atoms with Gasteiger partial charge in [-0.3, -0.25) is 4.99 Å². The Kier molecular flexibility index (Phi) is 2.06. The molecule has 1 heterocycles. The van der Waals surface area contributed by atoms with Crippen LogP contribution in [-0.2, 0) is 0 Å². The third-order valence-electron chi connectivity index (χ3n) is 1.35. The number of nitrogens with zero attached hydrogens (tertiary/aromatic N) is 2. The summed E-state index contributed by atoms with van der Waals surface area (Å²) < 4.78 is 0. The monoisotopic (exact) mass is 150 g/mol. The maximum atomic E-state index is 5.59. The third-order valence-corrected chi connectivity index (χ3v) is 1.35. The summed E-state index contributed by atoms with van der Waals surface area (Å²) in [6, 6.07) is 1.69. The van der Waals surface area contributed by atoms with Gasteiger partial charge in [-0.05, 0) is 12.8 Å². The van der Waals surface area contributed by atoms with Gasteiger partial charge in [-0.15, -0.1) is 0 Å². The molecule has 0 saturated carbocycles. The molecule has 1 rings (SSSR count). The molecule has 0 radical (unpaired) electrons. The van der Waals surface area contributed by atoms with Gasteiger partial charge in [-0.25, -0.2) is 4.98 Å². The van der Waals surface area contributed by atoms with Gasteiger partial charge in [-0.1, -0.05) is 0 Å². The molecule has 58 valence electrons. The first-order valence-corrected chi connectivity index (χ1v) is 3.18. The Labute approximate surface area is 65.2 Å². The number of hydrogen-bond donors (Lipinski definition) is 2. The highest BCUT2D eigenvalue weighted by Crippen LogP contribution is 2.27. The van der Waals surface area contributed by atoms with E-state index < -0.39 is 0 Å². The SMILES string of the molecule is C=Nc1c(N)ccnc1NC. The second-order valence-corrected chi connectivity index (χ2v) is 2.01. The minimum absolute atomic E-state index is 0.583. The van der Waals surface area contributed by atoms with Crippen LogP contribution in [0.25, 0.3) is 0 Å². The van der Waals surface area contributed by atoms with E-state index in [2.05, 4.69) is 22.0 Å². The van der Waals surface area contributed by atoms with E-state index in [0.29, 0.717) is 17.2 Å². The van der Waals surface area contributed by atoms with Gasteiger partial charge in [-0.2, -0.15) is 0 Å². The van der Waals surface area contributed by atoms with Gasteiger partial charge in [0.2, 0.25) is 0 Å². The van der Waals surface area contributed by atoms with E-state index in [4.69, 9.17) is 5.73 Å². The number of nitrogen functional groups attached to an aromatic ring is 1. The average molecular weight is 150 g/mol. The van der Waals surface area contributed by atoms with Crippen molar-refractivity contribution in [3.63, 3.8) is 0 Å². The third kappa shape index (κ3) is 1.29. The van der Waals surface area contributed by atoms with Crippen LogP contribution in [0.15, 0.2) is 17.3 Å². The zero-order valence-electron chi connectivity index (χ0n) is 6.33.